The van der Waals surface area contributed by atoms with Gasteiger partial charge in [-0.2, -0.15) is 0 Å². The van der Waals surface area contributed by atoms with E-state index < -0.39 is 0 Å². The summed E-state index contributed by atoms with van der Waals surface area (Å²) in [6.45, 7) is 6.59. The molecule has 0 saturated carbocycles. The minimum absolute atomic E-state index is 0.0207. The number of benzene rings is 4. The van der Waals surface area contributed by atoms with Gasteiger partial charge in [-0.15, -0.1) is 0 Å². The van der Waals surface area contributed by atoms with Gasteiger partial charge in [-0.3, -0.25) is 4.57 Å². The highest BCUT2D eigenvalue weighted by Gasteiger charge is 2.22. The first-order valence-corrected chi connectivity index (χ1v) is 12.9. The average molecular weight is 494 g/mol. The molecule has 0 saturated heterocycles. The third-order valence-electron chi connectivity index (χ3n) is 7.22. The highest BCUT2D eigenvalue weighted by molar-refractivity contribution is 6.10. The van der Waals surface area contributed by atoms with Crippen molar-refractivity contribution in [2.24, 2.45) is 0 Å². The van der Waals surface area contributed by atoms with Gasteiger partial charge >= 0.3 is 0 Å². The summed E-state index contributed by atoms with van der Waals surface area (Å²) in [5, 5.41) is 2.17. The van der Waals surface area contributed by atoms with Crippen LogP contribution < -0.4 is 0 Å². The largest absolute Gasteiger partial charge is 0.455 e. The van der Waals surface area contributed by atoms with E-state index in [1.807, 2.05) is 30.5 Å². The number of furan rings is 1. The maximum Gasteiger partial charge on any atom is 0.164 e. The maximum atomic E-state index is 6.59. The molecule has 4 heteroatoms. The molecule has 7 rings (SSSR count). The summed E-state index contributed by atoms with van der Waals surface area (Å²) in [5.41, 5.74) is 8.79. The molecule has 0 aliphatic rings. The zero-order valence-electron chi connectivity index (χ0n) is 21.6. The number of rotatable bonds is 3. The standard InChI is InChI=1S/C34H27N3O/c1-34(2,3)24-20-29-33(35-21-24)37(25-13-8-5-9-14-25)32(36-29)28-16-10-15-27-26-18-17-23(19-30(26)38-31(27)28)22-11-6-4-7-12-22/h4-21H,1-3H3. The van der Waals surface area contributed by atoms with Crippen LogP contribution in [0.3, 0.4) is 0 Å². The number of hydrogen-bond acceptors (Lipinski definition) is 3. The molecular formula is C34H27N3O. The Hall–Kier alpha value is -4.70. The molecule has 0 fully saturated rings. The minimum atomic E-state index is -0.0207. The molecule has 0 unspecified atom stereocenters. The van der Waals surface area contributed by atoms with Crippen LogP contribution in [0, 0.1) is 0 Å². The molecule has 184 valence electrons. The van der Waals surface area contributed by atoms with E-state index in [0.29, 0.717) is 0 Å². The lowest BCUT2D eigenvalue weighted by atomic mass is 9.88. The fourth-order valence-electron chi connectivity index (χ4n) is 5.16. The normalized spacial score (nSPS) is 12.1. The number of aromatic nitrogens is 3. The number of nitrogens with zero attached hydrogens (tertiary/aromatic N) is 3. The lowest BCUT2D eigenvalue weighted by molar-refractivity contribution is 0.588. The van der Waals surface area contributed by atoms with Gasteiger partial charge in [-0.05, 0) is 58.5 Å². The third-order valence-corrected chi connectivity index (χ3v) is 7.22. The topological polar surface area (TPSA) is 43.9 Å². The van der Waals surface area contributed by atoms with Crippen molar-refractivity contribution >= 4 is 33.1 Å². The highest BCUT2D eigenvalue weighted by atomic mass is 16.3. The van der Waals surface area contributed by atoms with Crippen LogP contribution in [0.5, 0.6) is 0 Å². The Kier molecular flexibility index (Phi) is 4.98. The van der Waals surface area contributed by atoms with Crippen molar-refractivity contribution in [3.05, 3.63) is 115 Å². The Morgan fingerprint density at radius 1 is 0.711 bits per heavy atom. The van der Waals surface area contributed by atoms with Gasteiger partial charge in [0.25, 0.3) is 0 Å². The van der Waals surface area contributed by atoms with Crippen molar-refractivity contribution in [3.8, 4) is 28.2 Å². The van der Waals surface area contributed by atoms with Crippen LogP contribution in [-0.4, -0.2) is 14.5 Å². The lowest BCUT2D eigenvalue weighted by Gasteiger charge is -2.18. The smallest absolute Gasteiger partial charge is 0.164 e. The molecule has 38 heavy (non-hydrogen) atoms. The monoisotopic (exact) mass is 493 g/mol. The Morgan fingerprint density at radius 2 is 1.47 bits per heavy atom. The van der Waals surface area contributed by atoms with E-state index in [-0.39, 0.29) is 5.41 Å². The maximum absolute atomic E-state index is 6.59. The predicted molar refractivity (Wildman–Crippen MR) is 156 cm³/mol. The fraction of sp³-hybridized carbons (Fsp3) is 0.118. The molecule has 0 amide bonds. The number of pyridine rings is 1. The number of para-hydroxylation sites is 2. The summed E-state index contributed by atoms with van der Waals surface area (Å²) < 4.78 is 8.73. The van der Waals surface area contributed by atoms with Crippen LogP contribution in [0.25, 0.3) is 61.3 Å². The van der Waals surface area contributed by atoms with Crippen molar-refractivity contribution in [1.82, 2.24) is 14.5 Å². The van der Waals surface area contributed by atoms with Crippen molar-refractivity contribution in [2.45, 2.75) is 26.2 Å². The highest BCUT2D eigenvalue weighted by Crippen LogP contribution is 2.39. The second kappa shape index (κ2) is 8.42. The molecule has 4 nitrogen and oxygen atoms in total. The fourth-order valence-corrected chi connectivity index (χ4v) is 5.16. The molecule has 4 aromatic carbocycles. The zero-order chi connectivity index (χ0) is 25.9. The van der Waals surface area contributed by atoms with Gasteiger partial charge in [-0.25, -0.2) is 9.97 Å². The molecule has 0 aliphatic heterocycles. The van der Waals surface area contributed by atoms with Gasteiger partial charge < -0.3 is 4.42 Å². The lowest BCUT2D eigenvalue weighted by Crippen LogP contribution is -2.11. The molecule has 0 bridgehead atoms. The third kappa shape index (κ3) is 3.60. The van der Waals surface area contributed by atoms with Crippen LogP contribution >= 0.6 is 0 Å². The van der Waals surface area contributed by atoms with E-state index in [1.165, 1.54) is 5.56 Å². The van der Waals surface area contributed by atoms with Crippen molar-refractivity contribution in [1.29, 1.82) is 0 Å². The molecule has 3 heterocycles. The van der Waals surface area contributed by atoms with E-state index in [4.69, 9.17) is 14.4 Å². The Balaban J connectivity index is 1.49. The Morgan fingerprint density at radius 3 is 2.24 bits per heavy atom. The van der Waals surface area contributed by atoms with Crippen LogP contribution in [0.1, 0.15) is 26.3 Å². The van der Waals surface area contributed by atoms with E-state index >= 15 is 0 Å². The first-order chi connectivity index (χ1) is 18.5. The summed E-state index contributed by atoms with van der Waals surface area (Å²) in [6.07, 6.45) is 1.97. The van der Waals surface area contributed by atoms with E-state index in [2.05, 4.69) is 104 Å². The molecule has 0 spiro atoms. The Labute approximate surface area is 221 Å². The second-order valence-electron chi connectivity index (χ2n) is 10.8. The quantitative estimate of drug-likeness (QED) is 0.247. The molecule has 7 aromatic rings. The van der Waals surface area contributed by atoms with Crippen molar-refractivity contribution in [3.63, 3.8) is 0 Å². The Bertz CT molecular complexity index is 1940. The average Bonchev–Trinajstić information content (AvgIpc) is 3.51. The van der Waals surface area contributed by atoms with Crippen molar-refractivity contribution in [2.75, 3.05) is 0 Å². The number of imidazole rings is 1. The molecule has 0 aliphatic carbocycles. The summed E-state index contributed by atoms with van der Waals surface area (Å²) in [5.74, 6) is 0.817. The minimum Gasteiger partial charge on any atom is -0.455 e. The second-order valence-corrected chi connectivity index (χ2v) is 10.8. The predicted octanol–water partition coefficient (Wildman–Crippen LogP) is 8.95. The van der Waals surface area contributed by atoms with Crippen LogP contribution in [0.15, 0.2) is 114 Å². The molecule has 0 radical (unpaired) electrons. The summed E-state index contributed by atoms with van der Waals surface area (Å²) in [6, 6.07) is 35.6. The van der Waals surface area contributed by atoms with Gasteiger partial charge in [0.2, 0.25) is 0 Å². The SMILES string of the molecule is CC(C)(C)c1cnc2c(c1)nc(-c1cccc3c1oc1cc(-c4ccccc4)ccc13)n2-c1ccccc1. The molecule has 3 aromatic heterocycles. The molecule has 0 N–H and O–H groups in total. The molecule has 0 atom stereocenters. The summed E-state index contributed by atoms with van der Waals surface area (Å²) in [4.78, 5) is 10.1. The van der Waals surface area contributed by atoms with Crippen LogP contribution in [0.4, 0.5) is 0 Å². The van der Waals surface area contributed by atoms with Gasteiger partial charge in [0.1, 0.15) is 16.7 Å². The van der Waals surface area contributed by atoms with Gasteiger partial charge in [0.05, 0.1) is 5.56 Å². The first-order valence-electron chi connectivity index (χ1n) is 12.9. The van der Waals surface area contributed by atoms with Gasteiger partial charge in [0, 0.05) is 22.7 Å². The summed E-state index contributed by atoms with van der Waals surface area (Å²) >= 11 is 0. The van der Waals surface area contributed by atoms with Crippen LogP contribution in [0.2, 0.25) is 0 Å². The number of fused-ring (bicyclic) bond motifs is 4. The van der Waals surface area contributed by atoms with E-state index in [1.54, 1.807) is 0 Å². The van der Waals surface area contributed by atoms with Crippen LogP contribution in [-0.2, 0) is 5.41 Å². The van der Waals surface area contributed by atoms with E-state index in [9.17, 15) is 0 Å². The zero-order valence-corrected chi connectivity index (χ0v) is 21.6. The van der Waals surface area contributed by atoms with E-state index in [0.717, 1.165) is 61.3 Å². The van der Waals surface area contributed by atoms with Gasteiger partial charge in [0.15, 0.2) is 11.5 Å². The number of hydrogen-bond donors (Lipinski definition) is 0. The van der Waals surface area contributed by atoms with Gasteiger partial charge in [-0.1, -0.05) is 87.5 Å². The van der Waals surface area contributed by atoms with Crippen molar-refractivity contribution < 1.29 is 4.42 Å². The summed E-state index contributed by atoms with van der Waals surface area (Å²) in [7, 11) is 0. The molecular weight excluding hydrogens is 466 g/mol. The first kappa shape index (κ1) is 22.5.